The number of hydrogen-bond acceptors (Lipinski definition) is 4. The number of anilines is 1. The number of benzene rings is 1. The first-order valence-corrected chi connectivity index (χ1v) is 9.20. The van der Waals surface area contributed by atoms with Crippen molar-refractivity contribution in [2.24, 2.45) is 11.7 Å². The second-order valence-electron chi connectivity index (χ2n) is 6.62. The molecule has 1 saturated carbocycles. The van der Waals surface area contributed by atoms with Crippen LogP contribution in [0.1, 0.15) is 43.5 Å². The topological polar surface area (TPSA) is 87.5 Å². The highest BCUT2D eigenvalue weighted by Crippen LogP contribution is 2.25. The van der Waals surface area contributed by atoms with Crippen molar-refractivity contribution in [1.29, 1.82) is 0 Å². The summed E-state index contributed by atoms with van der Waals surface area (Å²) in [6.45, 7) is 7.64. The molecule has 4 N–H and O–H groups in total. The molecule has 1 aromatic carbocycles. The zero-order chi connectivity index (χ0) is 18.2. The summed E-state index contributed by atoms with van der Waals surface area (Å²) in [5.41, 5.74) is 7.17. The molecule has 2 unspecified atom stereocenters. The highest BCUT2D eigenvalue weighted by atomic mass is 35.5. The van der Waals surface area contributed by atoms with Crippen LogP contribution in [0.25, 0.3) is 0 Å². The van der Waals surface area contributed by atoms with E-state index in [1.54, 1.807) is 24.3 Å². The highest BCUT2D eigenvalue weighted by Gasteiger charge is 2.27. The average Bonchev–Trinajstić information content (AvgIpc) is 3.06. The van der Waals surface area contributed by atoms with Gasteiger partial charge in [-0.1, -0.05) is 13.8 Å². The maximum atomic E-state index is 12.2. The summed E-state index contributed by atoms with van der Waals surface area (Å²) < 4.78 is 0. The first-order valence-electron chi connectivity index (χ1n) is 9.20. The number of likely N-dealkylation sites (N-methyl/N-ethyl adjacent to an activating group) is 1. The second kappa shape index (κ2) is 12.9. The van der Waals surface area contributed by atoms with E-state index < -0.39 is 0 Å². The van der Waals surface area contributed by atoms with E-state index in [1.807, 2.05) is 0 Å². The molecule has 0 saturated heterocycles. The van der Waals surface area contributed by atoms with Crippen molar-refractivity contribution < 1.29 is 9.59 Å². The summed E-state index contributed by atoms with van der Waals surface area (Å²) in [5.74, 6) is -0.0748. The van der Waals surface area contributed by atoms with E-state index in [9.17, 15) is 9.59 Å². The second-order valence-corrected chi connectivity index (χ2v) is 6.62. The van der Waals surface area contributed by atoms with Crippen LogP contribution in [-0.2, 0) is 4.79 Å². The van der Waals surface area contributed by atoms with Crippen LogP contribution in [0.3, 0.4) is 0 Å². The van der Waals surface area contributed by atoms with Gasteiger partial charge in [-0.05, 0) is 56.6 Å². The van der Waals surface area contributed by atoms with Crippen LogP contribution >= 0.6 is 24.8 Å². The van der Waals surface area contributed by atoms with Crippen LogP contribution in [0.4, 0.5) is 5.69 Å². The van der Waals surface area contributed by atoms with E-state index in [2.05, 4.69) is 29.4 Å². The number of rotatable bonds is 8. The molecular formula is C19H32Cl2N4O2. The molecule has 154 valence electrons. The molecule has 1 aliphatic carbocycles. The number of nitrogens with two attached hydrogens (primary N) is 1. The molecule has 2 atom stereocenters. The van der Waals surface area contributed by atoms with Crippen LogP contribution < -0.4 is 16.4 Å². The molecule has 0 heterocycles. The van der Waals surface area contributed by atoms with E-state index in [1.165, 1.54) is 0 Å². The van der Waals surface area contributed by atoms with E-state index in [-0.39, 0.29) is 48.6 Å². The third-order valence-electron chi connectivity index (χ3n) is 4.87. The number of carbonyl (C=O) groups excluding carboxylic acids is 2. The summed E-state index contributed by atoms with van der Waals surface area (Å²) in [6, 6.07) is 7.15. The summed E-state index contributed by atoms with van der Waals surface area (Å²) in [6.07, 6.45) is 2.50. The van der Waals surface area contributed by atoms with Gasteiger partial charge in [0.25, 0.3) is 5.91 Å². The summed E-state index contributed by atoms with van der Waals surface area (Å²) >= 11 is 0. The Morgan fingerprint density at radius 1 is 1.11 bits per heavy atom. The van der Waals surface area contributed by atoms with E-state index in [4.69, 9.17) is 5.73 Å². The first-order chi connectivity index (χ1) is 12.0. The number of carbonyl (C=O) groups is 2. The minimum Gasteiger partial charge on any atom is -0.351 e. The Balaban J connectivity index is 0.00000338. The van der Waals surface area contributed by atoms with Gasteiger partial charge in [-0.2, -0.15) is 0 Å². The van der Waals surface area contributed by atoms with Gasteiger partial charge in [-0.25, -0.2) is 0 Å². The van der Waals surface area contributed by atoms with E-state index >= 15 is 0 Å². The number of nitrogens with one attached hydrogen (secondary N) is 2. The molecule has 8 heteroatoms. The lowest BCUT2D eigenvalue weighted by molar-refractivity contribution is -0.119. The highest BCUT2D eigenvalue weighted by molar-refractivity contribution is 5.96. The van der Waals surface area contributed by atoms with Gasteiger partial charge in [0, 0.05) is 36.3 Å². The Morgan fingerprint density at radius 2 is 1.74 bits per heavy atom. The molecule has 2 amide bonds. The van der Waals surface area contributed by atoms with Crippen molar-refractivity contribution in [2.45, 2.75) is 39.2 Å². The lowest BCUT2D eigenvalue weighted by Crippen LogP contribution is -2.34. The monoisotopic (exact) mass is 418 g/mol. The van der Waals surface area contributed by atoms with Gasteiger partial charge in [-0.3, -0.25) is 9.59 Å². The van der Waals surface area contributed by atoms with Crippen molar-refractivity contribution >= 4 is 42.3 Å². The molecule has 0 radical (unpaired) electrons. The Bertz CT molecular complexity index is 580. The van der Waals surface area contributed by atoms with Crippen molar-refractivity contribution in [3.8, 4) is 0 Å². The quantitative estimate of drug-likeness (QED) is 0.605. The summed E-state index contributed by atoms with van der Waals surface area (Å²) in [5, 5.41) is 5.84. The Hall–Kier alpha value is -1.34. The third-order valence-corrected chi connectivity index (χ3v) is 4.87. The van der Waals surface area contributed by atoms with Gasteiger partial charge in [-0.15, -0.1) is 24.8 Å². The lowest BCUT2D eigenvalue weighted by atomic mass is 10.1. The number of amides is 2. The predicted octanol–water partition coefficient (Wildman–Crippen LogP) is 2.67. The normalized spacial score (nSPS) is 18.4. The molecule has 0 aliphatic heterocycles. The number of hydrogen-bond donors (Lipinski definition) is 3. The molecule has 6 nitrogen and oxygen atoms in total. The lowest BCUT2D eigenvalue weighted by Gasteiger charge is -2.18. The van der Waals surface area contributed by atoms with Crippen LogP contribution in [0.15, 0.2) is 24.3 Å². The largest absolute Gasteiger partial charge is 0.351 e. The van der Waals surface area contributed by atoms with Gasteiger partial charge in [0.05, 0.1) is 0 Å². The third kappa shape index (κ3) is 8.05. The van der Waals surface area contributed by atoms with Crippen LogP contribution in [0.5, 0.6) is 0 Å². The van der Waals surface area contributed by atoms with Crippen LogP contribution in [-0.4, -0.2) is 48.9 Å². The number of halogens is 2. The Labute approximate surface area is 174 Å². The van der Waals surface area contributed by atoms with Gasteiger partial charge in [0.2, 0.25) is 5.91 Å². The van der Waals surface area contributed by atoms with Crippen molar-refractivity contribution in [2.75, 3.05) is 31.5 Å². The van der Waals surface area contributed by atoms with Gasteiger partial charge >= 0.3 is 0 Å². The van der Waals surface area contributed by atoms with E-state index in [0.29, 0.717) is 17.8 Å². The molecular weight excluding hydrogens is 387 g/mol. The fourth-order valence-corrected chi connectivity index (χ4v) is 3.17. The Morgan fingerprint density at radius 3 is 2.26 bits per heavy atom. The van der Waals surface area contributed by atoms with Crippen LogP contribution in [0.2, 0.25) is 0 Å². The van der Waals surface area contributed by atoms with E-state index in [0.717, 1.165) is 38.9 Å². The Kier molecular flexibility index (Phi) is 12.3. The molecule has 0 spiro atoms. The maximum absolute atomic E-state index is 12.2. The zero-order valence-electron chi connectivity index (χ0n) is 16.1. The molecule has 2 rings (SSSR count). The maximum Gasteiger partial charge on any atom is 0.251 e. The van der Waals surface area contributed by atoms with Crippen molar-refractivity contribution in [3.63, 3.8) is 0 Å². The minimum absolute atomic E-state index is 0. The molecule has 1 aromatic rings. The number of nitrogens with zero attached hydrogens (tertiary/aromatic N) is 1. The molecule has 0 aromatic heterocycles. The van der Waals surface area contributed by atoms with Crippen LogP contribution in [0, 0.1) is 5.92 Å². The first kappa shape index (κ1) is 25.7. The molecule has 0 bridgehead atoms. The van der Waals surface area contributed by atoms with Crippen molar-refractivity contribution in [1.82, 2.24) is 10.2 Å². The molecule has 27 heavy (non-hydrogen) atoms. The van der Waals surface area contributed by atoms with Crippen molar-refractivity contribution in [3.05, 3.63) is 29.8 Å². The fraction of sp³-hybridized carbons (Fsp3) is 0.579. The average molecular weight is 419 g/mol. The molecule has 1 fully saturated rings. The summed E-state index contributed by atoms with van der Waals surface area (Å²) in [4.78, 5) is 26.6. The summed E-state index contributed by atoms with van der Waals surface area (Å²) in [7, 11) is 0. The fourth-order valence-electron chi connectivity index (χ4n) is 3.17. The minimum atomic E-state index is -0.0909. The standard InChI is InChI=1S/C19H30N4O2.2ClH/c1-3-23(4-2)12-11-21-18(24)14-6-9-17(10-7-14)22-19(25)15-5-8-16(20)13-15;;/h6-7,9-10,15-16H,3-5,8,11-13,20H2,1-2H3,(H,21,24)(H,22,25);2*1H. The zero-order valence-corrected chi connectivity index (χ0v) is 17.7. The van der Waals surface area contributed by atoms with Gasteiger partial charge < -0.3 is 21.3 Å². The smallest absolute Gasteiger partial charge is 0.251 e. The molecule has 1 aliphatic rings. The predicted molar refractivity (Wildman–Crippen MR) is 115 cm³/mol. The van der Waals surface area contributed by atoms with Gasteiger partial charge in [0.15, 0.2) is 0 Å². The SMILES string of the molecule is CCN(CC)CCNC(=O)c1ccc(NC(=O)C2CCC(N)C2)cc1.Cl.Cl. The van der Waals surface area contributed by atoms with Gasteiger partial charge in [0.1, 0.15) is 0 Å².